The fraction of sp³-hybridized carbons (Fsp3) is 0.333. The topological polar surface area (TPSA) is 105 Å². The molecule has 7 heteroatoms. The molecule has 1 aromatic carbocycles. The summed E-state index contributed by atoms with van der Waals surface area (Å²) in [6.45, 7) is -0.706. The van der Waals surface area contributed by atoms with Crippen LogP contribution < -0.4 is 11.1 Å². The lowest BCUT2D eigenvalue weighted by Gasteiger charge is -2.08. The summed E-state index contributed by atoms with van der Waals surface area (Å²) >= 11 is 0. The van der Waals surface area contributed by atoms with Crippen LogP contribution in [0, 0.1) is 0 Å². The van der Waals surface area contributed by atoms with Crippen LogP contribution in [0.2, 0.25) is 0 Å². The van der Waals surface area contributed by atoms with Gasteiger partial charge in [-0.15, -0.1) is 0 Å². The Morgan fingerprint density at radius 1 is 1.42 bits per heavy atom. The summed E-state index contributed by atoms with van der Waals surface area (Å²) in [5, 5.41) is 20.1. The Balaban J connectivity index is 2.11. The van der Waals surface area contributed by atoms with Crippen molar-refractivity contribution < 1.29 is 19.4 Å². The average Bonchev–Trinajstić information content (AvgIpc) is 2.72. The lowest BCUT2D eigenvalue weighted by molar-refractivity contribution is -0.122. The number of fused-ring (bicyclic) bond motifs is 1. The van der Waals surface area contributed by atoms with E-state index in [1.165, 1.54) is 4.57 Å². The number of carbonyl (C=O) groups is 1. The molecule has 0 saturated heterocycles. The van der Waals surface area contributed by atoms with E-state index in [1.54, 1.807) is 24.3 Å². The molecule has 0 saturated carbocycles. The molecular weight excluding hydrogens is 252 g/mol. The first-order valence-electron chi connectivity index (χ1n) is 5.76. The van der Waals surface area contributed by atoms with Gasteiger partial charge < -0.3 is 19.9 Å². The molecule has 0 aliphatic heterocycles. The van der Waals surface area contributed by atoms with Crippen LogP contribution in [-0.2, 0) is 11.3 Å². The summed E-state index contributed by atoms with van der Waals surface area (Å²) in [5.74, 6) is -1.06. The Kier molecular flexibility index (Phi) is 3.98. The maximum absolute atomic E-state index is 11.6. The average molecular weight is 266 g/mol. The normalized spacial score (nSPS) is 12.5. The highest BCUT2D eigenvalue weighted by Gasteiger charge is 2.12. The highest BCUT2D eigenvalue weighted by molar-refractivity contribution is 5.79. The molecule has 0 spiro atoms. The zero-order chi connectivity index (χ0) is 13.8. The summed E-state index contributed by atoms with van der Waals surface area (Å²) in [7, 11) is 0. The minimum absolute atomic E-state index is 0.0696. The number of amides is 1. The second-order valence-corrected chi connectivity index (χ2v) is 4.06. The van der Waals surface area contributed by atoms with Crippen LogP contribution in [0.15, 0.2) is 33.5 Å². The Morgan fingerprint density at radius 2 is 2.16 bits per heavy atom. The van der Waals surface area contributed by atoms with Gasteiger partial charge in [-0.1, -0.05) is 12.1 Å². The molecule has 2 aromatic rings. The van der Waals surface area contributed by atoms with E-state index in [0.29, 0.717) is 11.1 Å². The van der Waals surface area contributed by atoms with Gasteiger partial charge in [-0.05, 0) is 12.1 Å². The van der Waals surface area contributed by atoms with Gasteiger partial charge in [-0.25, -0.2) is 4.79 Å². The molecule has 3 N–H and O–H groups in total. The Labute approximate surface area is 108 Å². The number of aliphatic hydroxyl groups is 2. The summed E-state index contributed by atoms with van der Waals surface area (Å²) in [4.78, 5) is 23.2. The van der Waals surface area contributed by atoms with Gasteiger partial charge in [0.2, 0.25) is 5.91 Å². The van der Waals surface area contributed by atoms with Gasteiger partial charge in [0.15, 0.2) is 5.58 Å². The summed E-state index contributed by atoms with van der Waals surface area (Å²) in [5.41, 5.74) is 0.945. The van der Waals surface area contributed by atoms with Crippen molar-refractivity contribution in [2.75, 3.05) is 13.2 Å². The number of aromatic nitrogens is 1. The molecule has 7 nitrogen and oxygen atoms in total. The van der Waals surface area contributed by atoms with Crippen LogP contribution in [0.25, 0.3) is 11.1 Å². The van der Waals surface area contributed by atoms with Crippen molar-refractivity contribution in [1.82, 2.24) is 9.88 Å². The molecule has 1 aromatic heterocycles. The van der Waals surface area contributed by atoms with E-state index >= 15 is 0 Å². The number of hydrogen-bond donors (Lipinski definition) is 3. The number of rotatable bonds is 5. The fourth-order valence-corrected chi connectivity index (χ4v) is 1.66. The molecule has 1 unspecified atom stereocenters. The first-order chi connectivity index (χ1) is 9.11. The van der Waals surface area contributed by atoms with Crippen LogP contribution >= 0.6 is 0 Å². The van der Waals surface area contributed by atoms with Gasteiger partial charge in [0.25, 0.3) is 0 Å². The van der Waals surface area contributed by atoms with E-state index in [2.05, 4.69) is 5.32 Å². The number of oxazole rings is 1. The zero-order valence-electron chi connectivity index (χ0n) is 10.1. The van der Waals surface area contributed by atoms with Crippen LogP contribution in [0.1, 0.15) is 0 Å². The Hall–Kier alpha value is -2.12. The van der Waals surface area contributed by atoms with Crippen molar-refractivity contribution in [1.29, 1.82) is 0 Å². The molecule has 0 aliphatic rings. The molecule has 102 valence electrons. The third-order valence-corrected chi connectivity index (χ3v) is 2.62. The lowest BCUT2D eigenvalue weighted by atomic mass is 10.3. The maximum Gasteiger partial charge on any atom is 0.420 e. The second-order valence-electron chi connectivity index (χ2n) is 4.06. The van der Waals surface area contributed by atoms with E-state index in [4.69, 9.17) is 14.6 Å². The monoisotopic (exact) mass is 266 g/mol. The van der Waals surface area contributed by atoms with Crippen molar-refractivity contribution in [3.05, 3.63) is 34.8 Å². The SMILES string of the molecule is O=C(Cn1c(=O)oc2ccccc21)NCC(O)CO. The smallest absolute Gasteiger partial charge is 0.408 e. The first kappa shape index (κ1) is 13.3. The molecule has 0 bridgehead atoms. The van der Waals surface area contributed by atoms with Crippen LogP contribution in [0.4, 0.5) is 0 Å². The second kappa shape index (κ2) is 5.68. The van der Waals surface area contributed by atoms with Gasteiger partial charge in [0.05, 0.1) is 18.2 Å². The number of nitrogens with one attached hydrogen (secondary N) is 1. The third kappa shape index (κ3) is 3.01. The molecule has 19 heavy (non-hydrogen) atoms. The third-order valence-electron chi connectivity index (χ3n) is 2.62. The number of benzene rings is 1. The molecule has 1 atom stereocenters. The number of para-hydroxylation sites is 2. The van der Waals surface area contributed by atoms with Crippen LogP contribution in [-0.4, -0.2) is 39.9 Å². The predicted octanol–water partition coefficient (Wildman–Crippen LogP) is -0.936. The predicted molar refractivity (Wildman–Crippen MR) is 66.6 cm³/mol. The Bertz CT molecular complexity index is 630. The van der Waals surface area contributed by atoms with Crippen molar-refractivity contribution >= 4 is 17.0 Å². The zero-order valence-corrected chi connectivity index (χ0v) is 10.1. The number of hydrogen-bond acceptors (Lipinski definition) is 5. The molecular formula is C12H14N2O5. The largest absolute Gasteiger partial charge is 0.420 e. The fourth-order valence-electron chi connectivity index (χ4n) is 1.66. The van der Waals surface area contributed by atoms with Crippen molar-refractivity contribution in [3.8, 4) is 0 Å². The first-order valence-corrected chi connectivity index (χ1v) is 5.76. The lowest BCUT2D eigenvalue weighted by Crippen LogP contribution is -2.37. The molecule has 0 fully saturated rings. The highest BCUT2D eigenvalue weighted by Crippen LogP contribution is 2.11. The van der Waals surface area contributed by atoms with Crippen molar-refractivity contribution in [2.24, 2.45) is 0 Å². The van der Waals surface area contributed by atoms with Gasteiger partial charge in [-0.2, -0.15) is 0 Å². The number of aliphatic hydroxyl groups excluding tert-OH is 2. The van der Waals surface area contributed by atoms with Crippen LogP contribution in [0.3, 0.4) is 0 Å². The molecule has 1 heterocycles. The van der Waals surface area contributed by atoms with E-state index in [1.807, 2.05) is 0 Å². The van der Waals surface area contributed by atoms with E-state index in [9.17, 15) is 9.59 Å². The van der Waals surface area contributed by atoms with Gasteiger partial charge in [0, 0.05) is 6.54 Å². The molecule has 2 rings (SSSR count). The van der Waals surface area contributed by atoms with E-state index < -0.39 is 24.4 Å². The quantitative estimate of drug-likeness (QED) is 0.648. The summed E-state index contributed by atoms with van der Waals surface area (Å²) in [6.07, 6.45) is -1.01. The van der Waals surface area contributed by atoms with Gasteiger partial charge in [0.1, 0.15) is 6.54 Å². The number of nitrogens with zero attached hydrogens (tertiary/aromatic N) is 1. The maximum atomic E-state index is 11.6. The molecule has 0 radical (unpaired) electrons. The van der Waals surface area contributed by atoms with Gasteiger partial charge >= 0.3 is 5.76 Å². The van der Waals surface area contributed by atoms with Crippen LogP contribution in [0.5, 0.6) is 0 Å². The minimum Gasteiger partial charge on any atom is -0.408 e. The van der Waals surface area contributed by atoms with E-state index in [-0.39, 0.29) is 13.1 Å². The highest BCUT2D eigenvalue weighted by atomic mass is 16.4. The minimum atomic E-state index is -1.01. The summed E-state index contributed by atoms with van der Waals surface area (Å²) in [6, 6.07) is 6.78. The molecule has 0 aliphatic carbocycles. The summed E-state index contributed by atoms with van der Waals surface area (Å²) < 4.78 is 6.19. The number of carbonyl (C=O) groups excluding carboxylic acids is 1. The molecule has 1 amide bonds. The van der Waals surface area contributed by atoms with E-state index in [0.717, 1.165) is 0 Å². The van der Waals surface area contributed by atoms with Crippen molar-refractivity contribution in [3.63, 3.8) is 0 Å². The standard InChI is InChI=1S/C12H14N2O5/c15-7-8(16)5-13-11(17)6-14-9-3-1-2-4-10(9)19-12(14)18/h1-4,8,15-16H,5-7H2,(H,13,17). The van der Waals surface area contributed by atoms with Crippen molar-refractivity contribution in [2.45, 2.75) is 12.6 Å². The van der Waals surface area contributed by atoms with Gasteiger partial charge in [-0.3, -0.25) is 9.36 Å². The Morgan fingerprint density at radius 3 is 2.89 bits per heavy atom.